The van der Waals surface area contributed by atoms with Crippen LogP contribution < -0.4 is 4.72 Å². The second kappa shape index (κ2) is 8.86. The molecule has 162 valence electrons. The van der Waals surface area contributed by atoms with Crippen LogP contribution in [0.1, 0.15) is 6.92 Å². The molecule has 4 rings (SSSR count). The van der Waals surface area contributed by atoms with Gasteiger partial charge in [0.2, 0.25) is 0 Å². The van der Waals surface area contributed by atoms with Crippen LogP contribution in [0.15, 0.2) is 99.2 Å². The number of nitrogens with one attached hydrogen (secondary N) is 1. The quantitative estimate of drug-likeness (QED) is 0.238. The minimum Gasteiger partial charge on any atom is -0.506 e. The van der Waals surface area contributed by atoms with Crippen LogP contribution >= 0.6 is 23.4 Å². The highest BCUT2D eigenvalue weighted by Crippen LogP contribution is 2.44. The van der Waals surface area contributed by atoms with E-state index in [1.165, 1.54) is 24.8 Å². The number of para-hydroxylation sites is 1. The zero-order chi connectivity index (χ0) is 22.9. The molecule has 0 atom stereocenters. The van der Waals surface area contributed by atoms with E-state index < -0.39 is 10.0 Å². The highest BCUT2D eigenvalue weighted by Gasteiger charge is 2.19. The SMILES string of the molecule is C=C(Cl)/C=C(\C)S(=O)(=O)Nc1cc(Sc2cccc3cccnc23)c(O)c2ccccc12. The lowest BCUT2D eigenvalue weighted by Crippen LogP contribution is -2.14. The Kier molecular flexibility index (Phi) is 6.15. The van der Waals surface area contributed by atoms with Crippen molar-refractivity contribution in [2.45, 2.75) is 16.7 Å². The lowest BCUT2D eigenvalue weighted by molar-refractivity contribution is 0.469. The average molecular weight is 483 g/mol. The predicted octanol–water partition coefficient (Wildman–Crippen LogP) is 6.64. The number of benzene rings is 3. The third-order valence-electron chi connectivity index (χ3n) is 4.82. The fourth-order valence-corrected chi connectivity index (χ4v) is 5.48. The molecule has 0 saturated heterocycles. The summed E-state index contributed by atoms with van der Waals surface area (Å²) in [6.07, 6.45) is 3.00. The van der Waals surface area contributed by atoms with Crippen molar-refractivity contribution < 1.29 is 13.5 Å². The average Bonchev–Trinajstić information content (AvgIpc) is 2.76. The smallest absolute Gasteiger partial charge is 0.257 e. The summed E-state index contributed by atoms with van der Waals surface area (Å²) in [7, 11) is -3.87. The molecule has 0 saturated carbocycles. The van der Waals surface area contributed by atoms with E-state index in [2.05, 4.69) is 16.3 Å². The molecule has 0 aliphatic heterocycles. The number of phenols is 1. The van der Waals surface area contributed by atoms with E-state index in [1.807, 2.05) is 30.3 Å². The molecule has 5 nitrogen and oxygen atoms in total. The highest BCUT2D eigenvalue weighted by molar-refractivity contribution is 7.99. The van der Waals surface area contributed by atoms with Crippen molar-refractivity contribution in [1.29, 1.82) is 0 Å². The van der Waals surface area contributed by atoms with Gasteiger partial charge in [0.25, 0.3) is 10.0 Å². The number of halogens is 1. The standard InChI is InChI=1S/C24H19ClN2O3S2/c1-15(25)13-16(2)32(29,30)27-20-14-22(24(28)19-10-4-3-9-18(19)20)31-21-11-5-7-17-8-6-12-26-23(17)21/h3-14,27-28H,1H2,2H3/b16-13+. The van der Waals surface area contributed by atoms with Crippen LogP contribution in [0.3, 0.4) is 0 Å². The summed E-state index contributed by atoms with van der Waals surface area (Å²) >= 11 is 7.08. The molecular weight excluding hydrogens is 464 g/mol. The van der Waals surface area contributed by atoms with E-state index in [4.69, 9.17) is 11.6 Å². The number of rotatable bonds is 6. The van der Waals surface area contributed by atoms with Crippen molar-refractivity contribution in [3.05, 3.63) is 89.5 Å². The Balaban J connectivity index is 1.85. The summed E-state index contributed by atoms with van der Waals surface area (Å²) in [5, 5.41) is 13.2. The van der Waals surface area contributed by atoms with Crippen LogP contribution in [0.2, 0.25) is 0 Å². The Morgan fingerprint density at radius 1 is 1.09 bits per heavy atom. The molecule has 8 heteroatoms. The number of anilines is 1. The number of pyridine rings is 1. The maximum Gasteiger partial charge on any atom is 0.257 e. The summed E-state index contributed by atoms with van der Waals surface area (Å²) in [6, 6.07) is 18.3. The number of hydrogen-bond acceptors (Lipinski definition) is 5. The third-order valence-corrected chi connectivity index (χ3v) is 7.47. The molecule has 2 N–H and O–H groups in total. The maximum atomic E-state index is 12.9. The summed E-state index contributed by atoms with van der Waals surface area (Å²) < 4.78 is 28.3. The first-order chi connectivity index (χ1) is 15.3. The van der Waals surface area contributed by atoms with Crippen LogP contribution in [-0.2, 0) is 10.0 Å². The van der Waals surface area contributed by atoms with E-state index >= 15 is 0 Å². The van der Waals surface area contributed by atoms with Crippen LogP contribution in [0.4, 0.5) is 5.69 Å². The van der Waals surface area contributed by atoms with Crippen molar-refractivity contribution in [2.24, 2.45) is 0 Å². The van der Waals surface area contributed by atoms with Gasteiger partial charge in [0.15, 0.2) is 0 Å². The molecular formula is C24H19ClN2O3S2. The van der Waals surface area contributed by atoms with Gasteiger partial charge in [-0.1, -0.05) is 72.4 Å². The number of aromatic hydroxyl groups is 1. The van der Waals surface area contributed by atoms with Gasteiger partial charge in [-0.2, -0.15) is 0 Å². The normalized spacial score (nSPS) is 12.2. The molecule has 0 unspecified atom stereocenters. The van der Waals surface area contributed by atoms with Crippen molar-refractivity contribution in [3.63, 3.8) is 0 Å². The number of sulfonamides is 1. The first-order valence-corrected chi connectivity index (χ1v) is 12.3. The van der Waals surface area contributed by atoms with Crippen molar-refractivity contribution in [2.75, 3.05) is 4.72 Å². The van der Waals surface area contributed by atoms with E-state index in [9.17, 15) is 13.5 Å². The molecule has 0 spiro atoms. The molecule has 0 aliphatic rings. The molecule has 0 bridgehead atoms. The van der Waals surface area contributed by atoms with Gasteiger partial charge in [-0.05, 0) is 31.2 Å². The Morgan fingerprint density at radius 3 is 2.56 bits per heavy atom. The Hall–Kier alpha value is -3.00. The molecule has 0 aliphatic carbocycles. The molecule has 1 heterocycles. The van der Waals surface area contributed by atoms with Gasteiger partial charge in [0, 0.05) is 32.3 Å². The molecule has 0 radical (unpaired) electrons. The van der Waals surface area contributed by atoms with Crippen LogP contribution in [0.25, 0.3) is 21.7 Å². The first-order valence-electron chi connectivity index (χ1n) is 9.58. The van der Waals surface area contributed by atoms with Gasteiger partial charge < -0.3 is 5.11 Å². The number of fused-ring (bicyclic) bond motifs is 2. The monoisotopic (exact) mass is 482 g/mol. The molecule has 4 aromatic rings. The largest absolute Gasteiger partial charge is 0.506 e. The zero-order valence-corrected chi connectivity index (χ0v) is 19.4. The second-order valence-electron chi connectivity index (χ2n) is 7.06. The number of nitrogens with zero attached hydrogens (tertiary/aromatic N) is 1. The van der Waals surface area contributed by atoms with E-state index in [0.29, 0.717) is 21.4 Å². The third kappa shape index (κ3) is 4.46. The van der Waals surface area contributed by atoms with Crippen LogP contribution in [0.5, 0.6) is 5.75 Å². The van der Waals surface area contributed by atoms with Gasteiger partial charge in [0.05, 0.1) is 21.0 Å². The molecule has 1 aromatic heterocycles. The summed E-state index contributed by atoms with van der Waals surface area (Å²) in [5.74, 6) is 0.0721. The fourth-order valence-electron chi connectivity index (χ4n) is 3.30. The van der Waals surface area contributed by atoms with Gasteiger partial charge in [-0.25, -0.2) is 8.42 Å². The second-order valence-corrected chi connectivity index (χ2v) is 10.5. The summed E-state index contributed by atoms with van der Waals surface area (Å²) in [4.78, 5) is 5.84. The minimum atomic E-state index is -3.87. The van der Waals surface area contributed by atoms with Gasteiger partial charge >= 0.3 is 0 Å². The first kappa shape index (κ1) is 22.2. The lowest BCUT2D eigenvalue weighted by Gasteiger charge is -2.15. The van der Waals surface area contributed by atoms with Crippen molar-refractivity contribution in [1.82, 2.24) is 4.98 Å². The fraction of sp³-hybridized carbons (Fsp3) is 0.0417. The topological polar surface area (TPSA) is 79.3 Å². The summed E-state index contributed by atoms with van der Waals surface area (Å²) in [5.41, 5.74) is 1.15. The molecule has 32 heavy (non-hydrogen) atoms. The maximum absolute atomic E-state index is 12.9. The van der Waals surface area contributed by atoms with E-state index in [-0.39, 0.29) is 15.7 Å². The summed E-state index contributed by atoms with van der Waals surface area (Å²) in [6.45, 7) is 4.96. The zero-order valence-electron chi connectivity index (χ0n) is 17.0. The number of aromatic nitrogens is 1. The van der Waals surface area contributed by atoms with Crippen molar-refractivity contribution >= 4 is 60.7 Å². The Labute approximate surface area is 195 Å². The number of allylic oxidation sites excluding steroid dienone is 3. The predicted molar refractivity (Wildman–Crippen MR) is 133 cm³/mol. The van der Waals surface area contributed by atoms with Gasteiger partial charge in [-0.3, -0.25) is 9.71 Å². The molecule has 0 fully saturated rings. The number of hydrogen-bond donors (Lipinski definition) is 2. The lowest BCUT2D eigenvalue weighted by atomic mass is 10.1. The minimum absolute atomic E-state index is 0.0297. The van der Waals surface area contributed by atoms with Gasteiger partial charge in [0.1, 0.15) is 5.75 Å². The number of phenolic OH excluding ortho intramolecular Hbond substituents is 1. The molecule has 3 aromatic carbocycles. The highest BCUT2D eigenvalue weighted by atomic mass is 35.5. The van der Waals surface area contributed by atoms with Crippen LogP contribution in [0, 0.1) is 0 Å². The van der Waals surface area contributed by atoms with E-state index in [1.54, 1.807) is 36.5 Å². The van der Waals surface area contributed by atoms with Gasteiger partial charge in [-0.15, -0.1) is 0 Å². The Morgan fingerprint density at radius 2 is 1.81 bits per heavy atom. The van der Waals surface area contributed by atoms with E-state index in [0.717, 1.165) is 15.8 Å². The van der Waals surface area contributed by atoms with Crippen molar-refractivity contribution in [3.8, 4) is 5.75 Å². The molecule has 0 amide bonds. The Bertz CT molecular complexity index is 1490. The van der Waals surface area contributed by atoms with Crippen LogP contribution in [-0.4, -0.2) is 18.5 Å².